The summed E-state index contributed by atoms with van der Waals surface area (Å²) in [5, 5.41) is 5.01. The molecule has 4 saturated heterocycles. The molecular weight excluding hydrogens is 1440 g/mol. The van der Waals surface area contributed by atoms with Gasteiger partial charge in [-0.3, -0.25) is 34.3 Å². The summed E-state index contributed by atoms with van der Waals surface area (Å²) in [4.78, 5) is 83.0. The van der Waals surface area contributed by atoms with E-state index in [1.807, 2.05) is 134 Å². The molecule has 6 fully saturated rings. The van der Waals surface area contributed by atoms with Gasteiger partial charge in [-0.05, 0) is 159 Å². The highest BCUT2D eigenvalue weighted by Crippen LogP contribution is 2.42. The van der Waals surface area contributed by atoms with Crippen molar-refractivity contribution in [2.24, 2.45) is 0 Å². The molecule has 4 aliphatic carbocycles. The van der Waals surface area contributed by atoms with Crippen molar-refractivity contribution in [1.29, 1.82) is 0 Å². The van der Waals surface area contributed by atoms with Crippen LogP contribution in [0, 0.1) is 13.8 Å². The number of carbonyl (C=O) groups is 4. The Morgan fingerprint density at radius 3 is 1.49 bits per heavy atom. The minimum Gasteiger partial charge on any atom is -0.450 e. The molecule has 8 aliphatic rings. The first kappa shape index (κ1) is 77.6. The highest BCUT2D eigenvalue weighted by molar-refractivity contribution is 6.61. The zero-order chi connectivity index (χ0) is 75.3. The number of halogens is 3. The number of nitrogens with zero attached hydrogens (tertiary/aromatic N) is 11. The van der Waals surface area contributed by atoms with Crippen LogP contribution in [0.15, 0.2) is 159 Å². The first-order valence-corrected chi connectivity index (χ1v) is 39.9. The van der Waals surface area contributed by atoms with Crippen molar-refractivity contribution in [3.63, 3.8) is 0 Å². The molecule has 4 aromatic heterocycles. The van der Waals surface area contributed by atoms with Crippen LogP contribution < -0.4 is 5.32 Å². The van der Waals surface area contributed by atoms with Gasteiger partial charge in [-0.25, -0.2) is 19.6 Å². The Hall–Kier alpha value is -8.13. The fourth-order valence-corrected chi connectivity index (χ4v) is 17.5. The van der Waals surface area contributed by atoms with Crippen LogP contribution in [0.2, 0.25) is 10.0 Å². The van der Waals surface area contributed by atoms with Crippen molar-refractivity contribution in [1.82, 2.24) is 58.9 Å². The Kier molecular flexibility index (Phi) is 25.9. The number of rotatable bonds is 18. The number of nitrogens with one attached hydrogen (secondary N) is 1. The molecule has 22 nitrogen and oxygen atoms in total. The smallest absolute Gasteiger partial charge is 0.410 e. The summed E-state index contributed by atoms with van der Waals surface area (Å²) in [6, 6.07) is 39.8. The van der Waals surface area contributed by atoms with E-state index in [0.717, 1.165) is 135 Å². The maximum Gasteiger partial charge on any atom is 0.410 e. The lowest BCUT2D eigenvalue weighted by molar-refractivity contribution is -0.188. The van der Waals surface area contributed by atoms with Crippen molar-refractivity contribution < 1.29 is 47.6 Å². The maximum atomic E-state index is 15.1. The third kappa shape index (κ3) is 19.6. The lowest BCUT2D eigenvalue weighted by Gasteiger charge is -2.45. The molecule has 25 heteroatoms. The van der Waals surface area contributed by atoms with E-state index in [2.05, 4.69) is 82.7 Å². The molecule has 576 valence electrons. The number of fused-ring (bicyclic) bond motifs is 4. The molecule has 0 radical (unpaired) electrons. The number of aromatic nitrogens is 6. The zero-order valence-electron chi connectivity index (χ0n) is 62.3. The molecule has 2 unspecified atom stereocenters. The van der Waals surface area contributed by atoms with Crippen LogP contribution in [0.5, 0.6) is 0 Å². The van der Waals surface area contributed by atoms with Crippen LogP contribution in [0.1, 0.15) is 144 Å². The second kappa shape index (κ2) is 36.4. The fraction of sp³-hybridized carbons (Fsp3) is 0.476. The van der Waals surface area contributed by atoms with E-state index in [4.69, 9.17) is 73.2 Å². The first-order chi connectivity index (χ1) is 53.1. The summed E-state index contributed by atoms with van der Waals surface area (Å²) in [5.74, 6) is -0.894. The topological polar surface area (TPSA) is 213 Å². The molecule has 109 heavy (non-hydrogen) atoms. The Balaban J connectivity index is 0.000000158. The summed E-state index contributed by atoms with van der Waals surface area (Å²) in [6.45, 7) is 13.7. The standard InChI is InChI=1S/C42H49ClN6O5.C33H37ClN6O.C9H13ClO4/c1-30-26-46(29-45-30)19-6-20-48(27-31-7-3-2-4-8-31)40(50)37-28-47(21-22-49(37)41(51)54-35-14-16-42(17-15-35)52-23-24-53-42)39-36-13-12-34(43)25-33(36)11-10-32-9-5-18-44-38(32)39;1-24-20-38(23-37-24)16-6-17-40(21-25-7-3-2-4-8-25)33(41)30-22-39(18-15-35-30)32-29-13-12-28(34)19-27(29)11-10-26-9-5-14-36-31(26)32;10-8(11)14-7-1-3-9(4-2-7)12-5-6-13-9/h2-5,7-9,12-13,18,25-26,29,35,37,39H,6,10-11,14-17,19-24,27-28H2,1H3;2-5,7-9,12-14,19-20,23,30,32,35H,6,10-11,15-18,21-22H2,1H3;7H,1-6H2/t37-,39?;30-,32?;/m11./s1. The summed E-state index contributed by atoms with van der Waals surface area (Å²) in [5.41, 5.74) is 12.8. The largest absolute Gasteiger partial charge is 0.450 e. The summed E-state index contributed by atoms with van der Waals surface area (Å²) >= 11 is 18.1. The lowest BCUT2D eigenvalue weighted by Crippen LogP contribution is -2.62. The summed E-state index contributed by atoms with van der Waals surface area (Å²) in [7, 11) is 0. The lowest BCUT2D eigenvalue weighted by atomic mass is 9.92. The van der Waals surface area contributed by atoms with Gasteiger partial charge in [0.25, 0.3) is 0 Å². The highest BCUT2D eigenvalue weighted by Gasteiger charge is 2.47. The molecule has 16 rings (SSSR count). The van der Waals surface area contributed by atoms with Crippen LogP contribution in [-0.2, 0) is 89.9 Å². The fourth-order valence-electron chi connectivity index (χ4n) is 17.0. The molecule has 2 saturated carbocycles. The number of hydrogen-bond donors (Lipinski definition) is 1. The van der Waals surface area contributed by atoms with E-state index in [-0.39, 0.29) is 42.1 Å². The van der Waals surface area contributed by atoms with E-state index in [1.165, 1.54) is 27.8 Å². The number of benzene rings is 4. The molecule has 4 aliphatic heterocycles. The number of pyridine rings is 2. The molecule has 3 amide bonds. The van der Waals surface area contributed by atoms with Crippen LogP contribution in [0.4, 0.5) is 9.59 Å². The SMILES string of the molecule is Cc1cn(CCCN(Cc2ccccc2)C(=O)[C@H]2CN(C3c4ccc(Cl)cc4CCc4cccnc43)CCN2)cn1.Cc1cn(CCCN(Cc2ccccc2)C(=O)[C@H]2CN(C3c4ccc(Cl)cc4CCc4cccnc43)CCN2C(=O)OC2CCC3(CC2)OCCO3)cn1.O=C(Cl)OC1CCC2(CC1)OCCO2. The van der Waals surface area contributed by atoms with Gasteiger partial charge in [0.1, 0.15) is 18.2 Å². The Morgan fingerprint density at radius 2 is 1.01 bits per heavy atom. The zero-order valence-corrected chi connectivity index (χ0v) is 64.6. The van der Waals surface area contributed by atoms with Gasteiger partial charge in [0.05, 0.1) is 80.0 Å². The average molecular weight is 1540 g/mol. The minimum atomic E-state index is -0.770. The molecule has 1 N–H and O–H groups in total. The van der Waals surface area contributed by atoms with Gasteiger partial charge >= 0.3 is 11.5 Å². The Morgan fingerprint density at radius 1 is 0.541 bits per heavy atom. The summed E-state index contributed by atoms with van der Waals surface area (Å²) < 4.78 is 38.2. The second-order valence-electron chi connectivity index (χ2n) is 29.8. The number of amides is 3. The first-order valence-electron chi connectivity index (χ1n) is 38.8. The third-order valence-corrected chi connectivity index (χ3v) is 23.0. The van der Waals surface area contributed by atoms with Crippen molar-refractivity contribution in [3.8, 4) is 0 Å². The van der Waals surface area contributed by atoms with Gasteiger partial charge in [-0.1, -0.05) is 108 Å². The van der Waals surface area contributed by atoms with E-state index in [0.29, 0.717) is 109 Å². The van der Waals surface area contributed by atoms with Gasteiger partial charge in [0.15, 0.2) is 11.6 Å². The Labute approximate surface area is 653 Å². The van der Waals surface area contributed by atoms with E-state index >= 15 is 4.79 Å². The molecule has 4 aromatic carbocycles. The van der Waals surface area contributed by atoms with Crippen LogP contribution in [0.3, 0.4) is 0 Å². The second-order valence-corrected chi connectivity index (χ2v) is 31.0. The molecule has 0 bridgehead atoms. The van der Waals surface area contributed by atoms with Gasteiger partial charge < -0.3 is 52.7 Å². The van der Waals surface area contributed by atoms with Crippen molar-refractivity contribution >= 4 is 58.1 Å². The number of ether oxygens (including phenoxy) is 6. The monoisotopic (exact) mass is 1540 g/mol. The van der Waals surface area contributed by atoms with Gasteiger partial charge in [-0.15, -0.1) is 0 Å². The van der Waals surface area contributed by atoms with E-state index < -0.39 is 29.1 Å². The average Bonchev–Trinajstić information content (AvgIpc) is 1.70. The van der Waals surface area contributed by atoms with Gasteiger partial charge in [0, 0.05) is 151 Å². The van der Waals surface area contributed by atoms with Crippen molar-refractivity contribution in [2.75, 3.05) is 78.8 Å². The number of aryl methyl sites for hydroxylation is 8. The predicted molar refractivity (Wildman–Crippen MR) is 415 cm³/mol. The van der Waals surface area contributed by atoms with E-state index in [1.54, 1.807) is 4.90 Å². The number of piperazine rings is 2. The normalized spacial score (nSPS) is 21.6. The van der Waals surface area contributed by atoms with Crippen LogP contribution >= 0.6 is 34.8 Å². The number of hydrogen-bond acceptors (Lipinski definition) is 17. The molecule has 8 heterocycles. The summed E-state index contributed by atoms with van der Waals surface area (Å²) in [6.07, 6.45) is 21.6. The predicted octanol–water partition coefficient (Wildman–Crippen LogP) is 13.2. The highest BCUT2D eigenvalue weighted by atomic mass is 35.5. The number of imidazole rings is 2. The van der Waals surface area contributed by atoms with Gasteiger partial charge in [0.2, 0.25) is 11.8 Å². The molecule has 4 atom stereocenters. The van der Waals surface area contributed by atoms with Crippen molar-refractivity contribution in [3.05, 3.63) is 236 Å². The van der Waals surface area contributed by atoms with Crippen LogP contribution in [0.25, 0.3) is 0 Å². The van der Waals surface area contributed by atoms with E-state index in [9.17, 15) is 14.4 Å². The Bertz CT molecular complexity index is 4370. The van der Waals surface area contributed by atoms with Gasteiger partial charge in [-0.2, -0.15) is 0 Å². The molecular formula is C84H99Cl3N12O10. The molecule has 2 spiro atoms. The third-order valence-electron chi connectivity index (χ3n) is 22.5. The minimum absolute atomic E-state index is 0.00887. The maximum absolute atomic E-state index is 15.1. The number of carbonyl (C=O) groups excluding carboxylic acids is 4. The quantitative estimate of drug-likeness (QED) is 0.0791. The van der Waals surface area contributed by atoms with Crippen LogP contribution in [-0.4, -0.2) is 192 Å². The molecule has 8 aromatic rings. The van der Waals surface area contributed by atoms with Crippen molar-refractivity contribution in [2.45, 2.75) is 178 Å².